The second kappa shape index (κ2) is 7.66. The summed E-state index contributed by atoms with van der Waals surface area (Å²) in [7, 11) is 0. The van der Waals surface area contributed by atoms with Crippen molar-refractivity contribution in [1.29, 1.82) is 0 Å². The van der Waals surface area contributed by atoms with Gasteiger partial charge in [-0.25, -0.2) is 9.18 Å². The predicted octanol–water partition coefficient (Wildman–Crippen LogP) is 4.98. The SMILES string of the molecule is O=C(OCC1c2ccccc2-c2ccccc21)N1C2CCC1CC(O)(c1ccc(F)cn1)C2. The first-order chi connectivity index (χ1) is 16.0. The van der Waals surface area contributed by atoms with Crippen molar-refractivity contribution in [3.05, 3.63) is 89.5 Å². The lowest BCUT2D eigenvalue weighted by molar-refractivity contribution is -0.0559. The highest BCUT2D eigenvalue weighted by molar-refractivity contribution is 5.79. The Morgan fingerprint density at radius 2 is 1.61 bits per heavy atom. The standard InChI is InChI=1S/C27H25FN2O3/c28-17-9-12-25(29-15-17)27(32)13-18-10-11-19(14-27)30(18)26(31)33-16-24-22-7-3-1-5-20(22)21-6-2-4-8-23(21)24/h1-9,12,15,18-19,24,32H,10-11,13-14,16H2. The largest absolute Gasteiger partial charge is 0.448 e. The van der Waals surface area contributed by atoms with E-state index in [9.17, 15) is 14.3 Å². The number of benzene rings is 2. The molecule has 1 amide bonds. The molecule has 0 radical (unpaired) electrons. The summed E-state index contributed by atoms with van der Waals surface area (Å²) >= 11 is 0. The average molecular weight is 445 g/mol. The van der Waals surface area contributed by atoms with E-state index in [1.165, 1.54) is 34.4 Å². The Hall–Kier alpha value is -3.25. The highest BCUT2D eigenvalue weighted by Crippen LogP contribution is 2.47. The molecule has 3 aromatic rings. The number of nitrogens with zero attached hydrogens (tertiary/aromatic N) is 2. The lowest BCUT2D eigenvalue weighted by Crippen LogP contribution is -2.52. The third-order valence-corrected chi connectivity index (χ3v) is 7.52. The molecule has 2 fully saturated rings. The molecule has 2 saturated heterocycles. The van der Waals surface area contributed by atoms with E-state index in [4.69, 9.17) is 4.74 Å². The number of aromatic nitrogens is 1. The van der Waals surface area contributed by atoms with Crippen molar-refractivity contribution >= 4 is 6.09 Å². The van der Waals surface area contributed by atoms with Crippen LogP contribution in [0.25, 0.3) is 11.1 Å². The number of rotatable bonds is 3. The van der Waals surface area contributed by atoms with E-state index in [2.05, 4.69) is 29.2 Å². The van der Waals surface area contributed by atoms with E-state index in [-0.39, 0.29) is 30.7 Å². The molecule has 2 atom stereocenters. The normalized spacial score (nSPS) is 25.6. The Balaban J connectivity index is 1.18. The number of aliphatic hydroxyl groups is 1. The van der Waals surface area contributed by atoms with Crippen molar-refractivity contribution in [2.75, 3.05) is 6.61 Å². The summed E-state index contributed by atoms with van der Waals surface area (Å²) in [5.41, 5.74) is 4.08. The number of piperidine rings is 1. The van der Waals surface area contributed by atoms with E-state index in [1.54, 1.807) is 0 Å². The maximum Gasteiger partial charge on any atom is 0.410 e. The minimum absolute atomic E-state index is 0.0177. The second-order valence-electron chi connectivity index (χ2n) is 9.40. The number of amides is 1. The van der Waals surface area contributed by atoms with Gasteiger partial charge in [-0.15, -0.1) is 0 Å². The van der Waals surface area contributed by atoms with Gasteiger partial charge in [-0.1, -0.05) is 48.5 Å². The molecular formula is C27H25FN2O3. The minimum Gasteiger partial charge on any atom is -0.448 e. The summed E-state index contributed by atoms with van der Waals surface area (Å²) in [5, 5.41) is 11.3. The van der Waals surface area contributed by atoms with Crippen LogP contribution in [0.2, 0.25) is 0 Å². The first kappa shape index (κ1) is 20.4. The Labute approximate surface area is 191 Å². The average Bonchev–Trinajstić information content (AvgIpc) is 3.30. The Morgan fingerprint density at radius 1 is 1.00 bits per heavy atom. The van der Waals surface area contributed by atoms with Gasteiger partial charge in [0.25, 0.3) is 0 Å². The number of hydrogen-bond donors (Lipinski definition) is 1. The maximum absolute atomic E-state index is 13.3. The molecule has 6 heteroatoms. The van der Waals surface area contributed by atoms with E-state index >= 15 is 0 Å². The van der Waals surface area contributed by atoms with Gasteiger partial charge >= 0.3 is 6.09 Å². The number of carbonyl (C=O) groups is 1. The van der Waals surface area contributed by atoms with Crippen LogP contribution in [0.4, 0.5) is 9.18 Å². The predicted molar refractivity (Wildman–Crippen MR) is 121 cm³/mol. The molecule has 2 bridgehead atoms. The Bertz CT molecular complexity index is 1150. The summed E-state index contributed by atoms with van der Waals surface area (Å²) in [4.78, 5) is 19.1. The van der Waals surface area contributed by atoms with Gasteiger partial charge in [-0.3, -0.25) is 4.98 Å². The molecule has 2 aliphatic heterocycles. The second-order valence-corrected chi connectivity index (χ2v) is 9.40. The lowest BCUT2D eigenvalue weighted by atomic mass is 9.83. The first-order valence-corrected chi connectivity index (χ1v) is 11.5. The first-order valence-electron chi connectivity index (χ1n) is 11.5. The highest BCUT2D eigenvalue weighted by Gasteiger charge is 2.51. The monoisotopic (exact) mass is 444 g/mol. The van der Waals surface area contributed by atoms with Gasteiger partial charge < -0.3 is 14.7 Å². The van der Waals surface area contributed by atoms with Crippen LogP contribution in [-0.2, 0) is 10.3 Å². The highest BCUT2D eigenvalue weighted by atomic mass is 19.1. The van der Waals surface area contributed by atoms with Crippen LogP contribution in [0, 0.1) is 5.82 Å². The van der Waals surface area contributed by atoms with Gasteiger partial charge in [0.05, 0.1) is 11.9 Å². The fourth-order valence-corrected chi connectivity index (χ4v) is 6.05. The number of halogens is 1. The molecule has 168 valence electrons. The number of hydrogen-bond acceptors (Lipinski definition) is 4. The van der Waals surface area contributed by atoms with Crippen LogP contribution in [0.3, 0.4) is 0 Å². The topological polar surface area (TPSA) is 62.7 Å². The molecule has 0 spiro atoms. The van der Waals surface area contributed by atoms with E-state index in [0.29, 0.717) is 18.5 Å². The lowest BCUT2D eigenvalue weighted by Gasteiger charge is -2.42. The van der Waals surface area contributed by atoms with Gasteiger partial charge in [-0.05, 0) is 47.2 Å². The van der Waals surface area contributed by atoms with E-state index in [1.807, 2.05) is 29.2 Å². The zero-order valence-electron chi connectivity index (χ0n) is 18.2. The van der Waals surface area contributed by atoms with Crippen molar-refractivity contribution < 1.29 is 19.0 Å². The summed E-state index contributed by atoms with van der Waals surface area (Å²) in [6.07, 6.45) is 3.21. The molecule has 6 rings (SSSR count). The Morgan fingerprint density at radius 3 is 2.18 bits per heavy atom. The molecule has 2 unspecified atom stereocenters. The number of ether oxygens (including phenoxy) is 1. The van der Waals surface area contributed by atoms with Gasteiger partial charge in [0.2, 0.25) is 0 Å². The fraction of sp³-hybridized carbons (Fsp3) is 0.333. The maximum atomic E-state index is 13.3. The van der Waals surface area contributed by atoms with E-state index in [0.717, 1.165) is 19.0 Å². The van der Waals surface area contributed by atoms with Crippen LogP contribution in [0.1, 0.15) is 48.4 Å². The molecule has 1 aliphatic carbocycles. The zero-order chi connectivity index (χ0) is 22.6. The van der Waals surface area contributed by atoms with Crippen LogP contribution < -0.4 is 0 Å². The summed E-state index contributed by atoms with van der Waals surface area (Å²) in [5.74, 6) is -0.412. The number of fused-ring (bicyclic) bond motifs is 5. The molecule has 0 saturated carbocycles. The molecule has 3 aliphatic rings. The zero-order valence-corrected chi connectivity index (χ0v) is 18.2. The van der Waals surface area contributed by atoms with Crippen LogP contribution in [-0.4, -0.2) is 39.8 Å². The summed E-state index contributed by atoms with van der Waals surface area (Å²) in [6, 6.07) is 19.2. The van der Waals surface area contributed by atoms with Crippen molar-refractivity contribution in [3.8, 4) is 11.1 Å². The minimum atomic E-state index is -1.15. The molecule has 1 N–H and O–H groups in total. The summed E-state index contributed by atoms with van der Waals surface area (Å²) in [6.45, 7) is 0.284. The fourth-order valence-electron chi connectivity index (χ4n) is 6.05. The van der Waals surface area contributed by atoms with Crippen LogP contribution >= 0.6 is 0 Å². The summed E-state index contributed by atoms with van der Waals surface area (Å²) < 4.78 is 19.2. The molecule has 33 heavy (non-hydrogen) atoms. The third-order valence-electron chi connectivity index (χ3n) is 7.52. The molecular weight excluding hydrogens is 419 g/mol. The quantitative estimate of drug-likeness (QED) is 0.619. The molecule has 3 heterocycles. The Kier molecular flexibility index (Phi) is 4.73. The van der Waals surface area contributed by atoms with E-state index < -0.39 is 11.4 Å². The van der Waals surface area contributed by atoms with Gasteiger partial charge in [0, 0.05) is 30.8 Å². The smallest absolute Gasteiger partial charge is 0.410 e. The van der Waals surface area contributed by atoms with Crippen LogP contribution in [0.5, 0.6) is 0 Å². The third kappa shape index (κ3) is 3.32. The van der Waals surface area contributed by atoms with Gasteiger partial charge in [-0.2, -0.15) is 0 Å². The van der Waals surface area contributed by atoms with Crippen molar-refractivity contribution in [1.82, 2.24) is 9.88 Å². The van der Waals surface area contributed by atoms with Crippen molar-refractivity contribution in [2.45, 2.75) is 49.3 Å². The number of carbonyl (C=O) groups excluding carboxylic acids is 1. The van der Waals surface area contributed by atoms with Gasteiger partial charge in [0.1, 0.15) is 18.0 Å². The molecule has 2 aromatic carbocycles. The molecule has 1 aromatic heterocycles. The van der Waals surface area contributed by atoms with Crippen LogP contribution in [0.15, 0.2) is 66.9 Å². The molecule has 5 nitrogen and oxygen atoms in total. The number of pyridine rings is 1. The van der Waals surface area contributed by atoms with Crippen molar-refractivity contribution in [3.63, 3.8) is 0 Å². The van der Waals surface area contributed by atoms with Gasteiger partial charge in [0.15, 0.2) is 0 Å². The van der Waals surface area contributed by atoms with Crippen molar-refractivity contribution in [2.24, 2.45) is 0 Å².